The molecular formula is C14H22N2O3S2. The maximum Gasteiger partial charge on any atom is 0.250 e. The predicted octanol–water partition coefficient (Wildman–Crippen LogP) is 1.85. The maximum atomic E-state index is 12.4. The van der Waals surface area contributed by atoms with Crippen molar-refractivity contribution in [3.05, 3.63) is 17.0 Å². The van der Waals surface area contributed by atoms with Gasteiger partial charge in [-0.05, 0) is 49.1 Å². The lowest BCUT2D eigenvalue weighted by atomic mass is 10.3. The molecule has 0 spiro atoms. The normalized spacial score (nSPS) is 26.3. The highest BCUT2D eigenvalue weighted by Gasteiger charge is 2.29. The van der Waals surface area contributed by atoms with E-state index in [1.807, 2.05) is 5.38 Å². The summed E-state index contributed by atoms with van der Waals surface area (Å²) in [7, 11) is -1.71. The summed E-state index contributed by atoms with van der Waals surface area (Å²) in [6.45, 7) is 0.756. The molecule has 3 rings (SSSR count). The molecule has 1 aromatic rings. The van der Waals surface area contributed by atoms with Crippen LogP contribution < -0.4 is 10.0 Å². The highest BCUT2D eigenvalue weighted by molar-refractivity contribution is 7.91. The van der Waals surface area contributed by atoms with Gasteiger partial charge in [-0.3, -0.25) is 0 Å². The molecule has 0 aliphatic heterocycles. The van der Waals surface area contributed by atoms with Crippen LogP contribution in [-0.4, -0.2) is 33.7 Å². The van der Waals surface area contributed by atoms with Gasteiger partial charge >= 0.3 is 0 Å². The van der Waals surface area contributed by atoms with Gasteiger partial charge in [-0.2, -0.15) is 0 Å². The van der Waals surface area contributed by atoms with Crippen LogP contribution in [0.3, 0.4) is 0 Å². The monoisotopic (exact) mass is 330 g/mol. The number of nitrogens with one attached hydrogen (secondary N) is 2. The summed E-state index contributed by atoms with van der Waals surface area (Å²) in [6.07, 6.45) is 5.18. The molecule has 0 radical (unpaired) electrons. The van der Waals surface area contributed by atoms with E-state index < -0.39 is 10.0 Å². The van der Waals surface area contributed by atoms with E-state index in [1.54, 1.807) is 13.2 Å². The number of ether oxygens (including phenoxy) is 1. The van der Waals surface area contributed by atoms with Crippen LogP contribution in [0, 0.1) is 0 Å². The molecule has 118 valence electrons. The molecule has 0 amide bonds. The third-order valence-corrected chi connectivity index (χ3v) is 7.12. The van der Waals surface area contributed by atoms with Crippen molar-refractivity contribution in [2.75, 3.05) is 7.11 Å². The van der Waals surface area contributed by atoms with Gasteiger partial charge in [0.15, 0.2) is 0 Å². The Morgan fingerprint density at radius 2 is 2.05 bits per heavy atom. The molecule has 2 unspecified atom stereocenters. The summed E-state index contributed by atoms with van der Waals surface area (Å²) in [5.74, 6) is 0. The van der Waals surface area contributed by atoms with Crippen molar-refractivity contribution in [2.24, 2.45) is 0 Å². The van der Waals surface area contributed by atoms with Crippen LogP contribution in [0.5, 0.6) is 0 Å². The van der Waals surface area contributed by atoms with Gasteiger partial charge in [0.25, 0.3) is 0 Å². The number of hydrogen-bond acceptors (Lipinski definition) is 5. The van der Waals surface area contributed by atoms with Crippen LogP contribution in [0.25, 0.3) is 0 Å². The first-order valence-corrected chi connectivity index (χ1v) is 9.79. The number of sulfonamides is 1. The lowest BCUT2D eigenvalue weighted by Crippen LogP contribution is -2.33. The Morgan fingerprint density at radius 3 is 2.71 bits per heavy atom. The lowest BCUT2D eigenvalue weighted by molar-refractivity contribution is 0.107. The summed E-state index contributed by atoms with van der Waals surface area (Å²) >= 11 is 1.30. The van der Waals surface area contributed by atoms with Gasteiger partial charge in [-0.25, -0.2) is 13.1 Å². The third-order valence-electron chi connectivity index (χ3n) is 4.11. The summed E-state index contributed by atoms with van der Waals surface area (Å²) in [4.78, 5) is 0. The predicted molar refractivity (Wildman–Crippen MR) is 82.9 cm³/mol. The van der Waals surface area contributed by atoms with Crippen molar-refractivity contribution < 1.29 is 13.2 Å². The van der Waals surface area contributed by atoms with E-state index in [2.05, 4.69) is 10.0 Å². The minimum atomic E-state index is -3.39. The maximum absolute atomic E-state index is 12.4. The molecule has 21 heavy (non-hydrogen) atoms. The summed E-state index contributed by atoms with van der Waals surface area (Å²) < 4.78 is 33.3. The minimum Gasteiger partial charge on any atom is -0.381 e. The van der Waals surface area contributed by atoms with Gasteiger partial charge in [0.2, 0.25) is 10.0 Å². The molecule has 2 saturated carbocycles. The molecule has 2 aliphatic carbocycles. The van der Waals surface area contributed by atoms with Crippen LogP contribution in [0.1, 0.15) is 37.7 Å². The van der Waals surface area contributed by atoms with Crippen LogP contribution in [0.4, 0.5) is 0 Å². The molecule has 0 saturated heterocycles. The summed E-state index contributed by atoms with van der Waals surface area (Å²) in [6, 6.07) is 2.41. The van der Waals surface area contributed by atoms with E-state index in [0.29, 0.717) is 10.3 Å². The molecule has 5 nitrogen and oxygen atoms in total. The van der Waals surface area contributed by atoms with E-state index in [4.69, 9.17) is 4.74 Å². The van der Waals surface area contributed by atoms with Crippen LogP contribution in [0.2, 0.25) is 0 Å². The zero-order valence-corrected chi connectivity index (χ0v) is 13.8. The van der Waals surface area contributed by atoms with Gasteiger partial charge in [0.1, 0.15) is 4.21 Å². The van der Waals surface area contributed by atoms with Crippen molar-refractivity contribution in [1.29, 1.82) is 0 Å². The first kappa shape index (κ1) is 15.4. The standard InChI is InChI=1S/C14H22N2O3S2/c1-19-13-5-4-12(7-13)16-21(17,18)14-6-10(9-20-14)8-15-11-2-3-11/h6,9,11-13,15-16H,2-5,7-8H2,1H3. The van der Waals surface area contributed by atoms with Crippen molar-refractivity contribution in [3.63, 3.8) is 0 Å². The second kappa shape index (κ2) is 6.34. The number of hydrogen-bond donors (Lipinski definition) is 2. The molecule has 1 aromatic heterocycles. The summed E-state index contributed by atoms with van der Waals surface area (Å²) in [5, 5.41) is 5.33. The van der Waals surface area contributed by atoms with Crippen molar-refractivity contribution in [3.8, 4) is 0 Å². The molecule has 2 fully saturated rings. The smallest absolute Gasteiger partial charge is 0.250 e. The highest BCUT2D eigenvalue weighted by atomic mass is 32.2. The van der Waals surface area contributed by atoms with E-state index in [1.165, 1.54) is 24.2 Å². The molecular weight excluding hydrogens is 308 g/mol. The van der Waals surface area contributed by atoms with Gasteiger partial charge in [0.05, 0.1) is 6.10 Å². The van der Waals surface area contributed by atoms with Crippen molar-refractivity contribution in [1.82, 2.24) is 10.0 Å². The first-order valence-electron chi connectivity index (χ1n) is 7.43. The average molecular weight is 330 g/mol. The van der Waals surface area contributed by atoms with E-state index in [9.17, 15) is 8.42 Å². The molecule has 7 heteroatoms. The quantitative estimate of drug-likeness (QED) is 0.801. The van der Waals surface area contributed by atoms with Crippen LogP contribution >= 0.6 is 11.3 Å². The van der Waals surface area contributed by atoms with Crippen LogP contribution in [-0.2, 0) is 21.3 Å². The number of thiophene rings is 1. The lowest BCUT2D eigenvalue weighted by Gasteiger charge is -2.12. The summed E-state index contributed by atoms with van der Waals surface area (Å²) in [5.41, 5.74) is 1.05. The zero-order chi connectivity index (χ0) is 14.9. The van der Waals surface area contributed by atoms with Crippen LogP contribution in [0.15, 0.2) is 15.7 Å². The van der Waals surface area contributed by atoms with Gasteiger partial charge < -0.3 is 10.1 Å². The highest BCUT2D eigenvalue weighted by Crippen LogP contribution is 2.26. The van der Waals surface area contributed by atoms with Crippen molar-refractivity contribution in [2.45, 2.75) is 61.0 Å². The van der Waals surface area contributed by atoms with E-state index in [0.717, 1.165) is 31.4 Å². The second-order valence-corrected chi connectivity index (χ2v) is 8.77. The van der Waals surface area contributed by atoms with Crippen molar-refractivity contribution >= 4 is 21.4 Å². The topological polar surface area (TPSA) is 67.4 Å². The molecule has 2 aliphatic rings. The Hall–Kier alpha value is -0.470. The SMILES string of the molecule is COC1CCC(NS(=O)(=O)c2cc(CNC3CC3)cs2)C1. The molecule has 2 N–H and O–H groups in total. The molecule has 0 bridgehead atoms. The number of methoxy groups -OCH3 is 1. The Kier molecular flexibility index (Phi) is 4.66. The number of rotatable bonds is 7. The first-order chi connectivity index (χ1) is 10.1. The average Bonchev–Trinajstić information content (AvgIpc) is 2.98. The van der Waals surface area contributed by atoms with Gasteiger partial charge in [-0.15, -0.1) is 11.3 Å². The Bertz CT molecular complexity index is 581. The molecule has 2 atom stereocenters. The van der Waals surface area contributed by atoms with E-state index in [-0.39, 0.29) is 12.1 Å². The Labute approximate surface area is 130 Å². The largest absolute Gasteiger partial charge is 0.381 e. The van der Waals surface area contributed by atoms with E-state index >= 15 is 0 Å². The molecule has 0 aromatic carbocycles. The Balaban J connectivity index is 1.58. The fourth-order valence-corrected chi connectivity index (χ4v) is 5.18. The fraction of sp³-hybridized carbons (Fsp3) is 0.714. The minimum absolute atomic E-state index is 0.00455. The fourth-order valence-electron chi connectivity index (χ4n) is 2.68. The van der Waals surface area contributed by atoms with Gasteiger partial charge in [0, 0.05) is 25.7 Å². The Morgan fingerprint density at radius 1 is 1.29 bits per heavy atom. The third kappa shape index (κ3) is 4.04. The second-order valence-electron chi connectivity index (χ2n) is 5.92. The van der Waals surface area contributed by atoms with Gasteiger partial charge in [-0.1, -0.05) is 0 Å². The molecule has 1 heterocycles. The zero-order valence-electron chi connectivity index (χ0n) is 12.2.